The first-order chi connectivity index (χ1) is 15.1. The zero-order valence-electron chi connectivity index (χ0n) is 17.4. The maximum Gasteiger partial charge on any atom is 0.257 e. The first-order valence-electron chi connectivity index (χ1n) is 10.7. The lowest BCUT2D eigenvalue weighted by molar-refractivity contribution is -0.0247. The van der Waals surface area contributed by atoms with Crippen molar-refractivity contribution in [2.24, 2.45) is 0 Å². The highest BCUT2D eigenvalue weighted by Crippen LogP contribution is 2.33. The number of amides is 1. The highest BCUT2D eigenvalue weighted by molar-refractivity contribution is 5.97. The molecule has 3 heterocycles. The van der Waals surface area contributed by atoms with Crippen molar-refractivity contribution in [1.29, 1.82) is 0 Å². The number of furan rings is 1. The molecule has 2 aliphatic rings. The van der Waals surface area contributed by atoms with Gasteiger partial charge in [-0.2, -0.15) is 0 Å². The zero-order chi connectivity index (χ0) is 21.4. The number of carbonyl (C=O) groups is 1. The Kier molecular flexibility index (Phi) is 5.28. The Balaban J connectivity index is 1.44. The fourth-order valence-electron chi connectivity index (χ4n) is 4.59. The number of ether oxygens (including phenoxy) is 1. The molecule has 5 rings (SSSR count). The molecule has 1 saturated heterocycles. The molecule has 0 spiro atoms. The van der Waals surface area contributed by atoms with Crippen LogP contribution in [0.5, 0.6) is 0 Å². The van der Waals surface area contributed by atoms with E-state index >= 15 is 0 Å². The Hall–Kier alpha value is -3.06. The lowest BCUT2D eigenvalue weighted by atomic mass is 9.94. The van der Waals surface area contributed by atoms with E-state index in [1.807, 2.05) is 6.92 Å². The van der Waals surface area contributed by atoms with Gasteiger partial charge in [0, 0.05) is 36.5 Å². The summed E-state index contributed by atoms with van der Waals surface area (Å²) in [5, 5.41) is 0. The molecule has 1 atom stereocenters. The van der Waals surface area contributed by atoms with Crippen LogP contribution in [0.1, 0.15) is 52.1 Å². The van der Waals surface area contributed by atoms with E-state index in [4.69, 9.17) is 9.15 Å². The van der Waals surface area contributed by atoms with Crippen LogP contribution in [0, 0.1) is 12.7 Å². The zero-order valence-corrected chi connectivity index (χ0v) is 17.4. The fraction of sp³-hybridized carbons (Fsp3) is 0.375. The van der Waals surface area contributed by atoms with Gasteiger partial charge in [-0.3, -0.25) is 14.8 Å². The van der Waals surface area contributed by atoms with Gasteiger partial charge in [0.15, 0.2) is 0 Å². The van der Waals surface area contributed by atoms with Crippen LogP contribution < -0.4 is 0 Å². The Morgan fingerprint density at radius 2 is 1.97 bits per heavy atom. The van der Waals surface area contributed by atoms with E-state index in [1.54, 1.807) is 29.3 Å². The summed E-state index contributed by atoms with van der Waals surface area (Å²) >= 11 is 0. The van der Waals surface area contributed by atoms with E-state index in [9.17, 15) is 9.18 Å². The summed E-state index contributed by atoms with van der Waals surface area (Å²) in [6.45, 7) is 3.06. The maximum atomic E-state index is 14.4. The molecule has 1 aromatic carbocycles. The van der Waals surface area contributed by atoms with Crippen molar-refractivity contribution in [1.82, 2.24) is 14.9 Å². The minimum absolute atomic E-state index is 0.0333. The second-order valence-electron chi connectivity index (χ2n) is 8.02. The summed E-state index contributed by atoms with van der Waals surface area (Å²) in [6, 6.07) is 6.48. The Morgan fingerprint density at radius 1 is 1.16 bits per heavy atom. The number of morpholine rings is 1. The summed E-state index contributed by atoms with van der Waals surface area (Å²) < 4.78 is 26.3. The molecule has 0 N–H and O–H groups in total. The van der Waals surface area contributed by atoms with Gasteiger partial charge in [0.05, 0.1) is 30.1 Å². The van der Waals surface area contributed by atoms with Crippen molar-refractivity contribution in [3.63, 3.8) is 0 Å². The van der Waals surface area contributed by atoms with Gasteiger partial charge in [0.2, 0.25) is 0 Å². The molecule has 1 fully saturated rings. The van der Waals surface area contributed by atoms with Crippen LogP contribution in [0.25, 0.3) is 11.3 Å². The number of carbonyl (C=O) groups excluding carboxylic acids is 1. The van der Waals surface area contributed by atoms with E-state index in [1.165, 1.54) is 12.3 Å². The number of fused-ring (bicyclic) bond motifs is 1. The van der Waals surface area contributed by atoms with E-state index in [2.05, 4.69) is 9.97 Å². The standard InChI is InChI=1S/C24H24FN3O3/c1-15-21(17-7-3-5-9-19(17)31-15)24(29)28-12-13-30-20(14-28)23-22(26-10-11-27-23)16-6-2-4-8-18(16)25/h2,4,6,8,10-11,20H,3,5,7,9,12-14H2,1H3/t20-/m0/s1. The SMILES string of the molecule is Cc1oc2c(c1C(=O)N1CCO[C@H](c3nccnc3-c3ccccc3F)C1)CCCC2. The molecule has 1 aliphatic carbocycles. The van der Waals surface area contributed by atoms with Crippen molar-refractivity contribution in [3.8, 4) is 11.3 Å². The smallest absolute Gasteiger partial charge is 0.257 e. The average Bonchev–Trinajstić information content (AvgIpc) is 3.14. The second-order valence-corrected chi connectivity index (χ2v) is 8.02. The van der Waals surface area contributed by atoms with Crippen LogP contribution in [0.2, 0.25) is 0 Å². The van der Waals surface area contributed by atoms with Crippen LogP contribution in [0.4, 0.5) is 4.39 Å². The van der Waals surface area contributed by atoms with E-state index in [0.717, 1.165) is 37.0 Å². The molecule has 0 saturated carbocycles. The summed E-state index contributed by atoms with van der Waals surface area (Å²) in [5.74, 6) is 1.24. The van der Waals surface area contributed by atoms with E-state index in [-0.39, 0.29) is 11.7 Å². The Bertz CT molecular complexity index is 1130. The lowest BCUT2D eigenvalue weighted by Crippen LogP contribution is -2.43. The van der Waals surface area contributed by atoms with Crippen LogP contribution in [-0.4, -0.2) is 40.5 Å². The number of hydrogen-bond donors (Lipinski definition) is 0. The number of rotatable bonds is 3. The van der Waals surface area contributed by atoms with Crippen molar-refractivity contribution < 1.29 is 18.3 Å². The summed E-state index contributed by atoms with van der Waals surface area (Å²) in [5.41, 5.74) is 3.11. The molecule has 1 amide bonds. The number of hydrogen-bond acceptors (Lipinski definition) is 5. The van der Waals surface area contributed by atoms with Gasteiger partial charge < -0.3 is 14.1 Å². The van der Waals surface area contributed by atoms with Crippen LogP contribution >= 0.6 is 0 Å². The second kappa shape index (κ2) is 8.23. The lowest BCUT2D eigenvalue weighted by Gasteiger charge is -2.33. The van der Waals surface area contributed by atoms with Crippen LogP contribution in [0.15, 0.2) is 41.1 Å². The predicted molar refractivity (Wildman–Crippen MR) is 112 cm³/mol. The highest BCUT2D eigenvalue weighted by atomic mass is 19.1. The molecule has 31 heavy (non-hydrogen) atoms. The molecule has 6 nitrogen and oxygen atoms in total. The van der Waals surface area contributed by atoms with Gasteiger partial charge in [-0.1, -0.05) is 12.1 Å². The molecule has 7 heteroatoms. The third-order valence-electron chi connectivity index (χ3n) is 6.08. The van der Waals surface area contributed by atoms with Crippen LogP contribution in [0.3, 0.4) is 0 Å². The monoisotopic (exact) mass is 421 g/mol. The molecule has 0 bridgehead atoms. The van der Waals surface area contributed by atoms with Crippen molar-refractivity contribution in [2.75, 3.05) is 19.7 Å². The Labute approximate surface area is 180 Å². The number of benzene rings is 1. The molecule has 0 unspecified atom stereocenters. The van der Waals surface area contributed by atoms with Crippen LogP contribution in [-0.2, 0) is 17.6 Å². The van der Waals surface area contributed by atoms with Gasteiger partial charge in [-0.05, 0) is 38.3 Å². The van der Waals surface area contributed by atoms with E-state index in [0.29, 0.717) is 48.0 Å². The number of nitrogens with zero attached hydrogens (tertiary/aromatic N) is 3. The van der Waals surface area contributed by atoms with Gasteiger partial charge in [-0.15, -0.1) is 0 Å². The topological polar surface area (TPSA) is 68.5 Å². The quantitative estimate of drug-likeness (QED) is 0.632. The fourth-order valence-corrected chi connectivity index (χ4v) is 4.59. The number of aryl methyl sites for hydroxylation is 2. The minimum atomic E-state index is -0.482. The molecule has 2 aromatic heterocycles. The molecule has 160 valence electrons. The first kappa shape index (κ1) is 19.9. The minimum Gasteiger partial charge on any atom is -0.465 e. The van der Waals surface area contributed by atoms with Gasteiger partial charge in [0.1, 0.15) is 23.4 Å². The maximum absolute atomic E-state index is 14.4. The molecule has 0 radical (unpaired) electrons. The van der Waals surface area contributed by atoms with E-state index < -0.39 is 6.10 Å². The molecular formula is C24H24FN3O3. The highest BCUT2D eigenvalue weighted by Gasteiger charge is 2.33. The third kappa shape index (κ3) is 3.63. The van der Waals surface area contributed by atoms with Gasteiger partial charge in [-0.25, -0.2) is 4.39 Å². The predicted octanol–water partition coefficient (Wildman–Crippen LogP) is 4.28. The summed E-state index contributed by atoms with van der Waals surface area (Å²) in [7, 11) is 0. The number of halogens is 1. The summed E-state index contributed by atoms with van der Waals surface area (Å²) in [4.78, 5) is 24.1. The molecule has 1 aliphatic heterocycles. The molecule has 3 aromatic rings. The normalized spacial score (nSPS) is 18.6. The van der Waals surface area contributed by atoms with Gasteiger partial charge >= 0.3 is 0 Å². The van der Waals surface area contributed by atoms with Crippen molar-refractivity contribution in [3.05, 3.63) is 70.8 Å². The number of aromatic nitrogens is 2. The third-order valence-corrected chi connectivity index (χ3v) is 6.08. The summed E-state index contributed by atoms with van der Waals surface area (Å²) in [6.07, 6.45) is 6.56. The first-order valence-corrected chi connectivity index (χ1v) is 10.7. The molecular weight excluding hydrogens is 397 g/mol. The Morgan fingerprint density at radius 3 is 2.84 bits per heavy atom. The average molecular weight is 421 g/mol. The van der Waals surface area contributed by atoms with Gasteiger partial charge in [0.25, 0.3) is 5.91 Å². The largest absolute Gasteiger partial charge is 0.465 e. The van der Waals surface area contributed by atoms with Crippen molar-refractivity contribution in [2.45, 2.75) is 38.7 Å². The van der Waals surface area contributed by atoms with Crippen molar-refractivity contribution >= 4 is 5.91 Å².